The Labute approximate surface area is 88.8 Å². The lowest BCUT2D eigenvalue weighted by atomic mass is 10.1. The highest BCUT2D eigenvalue weighted by Crippen LogP contribution is 2.13. The van der Waals surface area contributed by atoms with E-state index < -0.39 is 0 Å². The molecule has 0 aliphatic heterocycles. The fourth-order valence-corrected chi connectivity index (χ4v) is 1.48. The summed E-state index contributed by atoms with van der Waals surface area (Å²) in [5, 5.41) is 8.85. The summed E-state index contributed by atoms with van der Waals surface area (Å²) in [6.07, 6.45) is 5.37. The number of nitrogens with one attached hydrogen (secondary N) is 1. The van der Waals surface area contributed by atoms with Crippen molar-refractivity contribution in [2.24, 2.45) is 0 Å². The fraction of sp³-hybridized carbons (Fsp3) is 0.0769. The number of aromatic nitrogens is 1. The van der Waals surface area contributed by atoms with Crippen LogP contribution in [0, 0.1) is 5.41 Å². The molecule has 0 saturated carbocycles. The van der Waals surface area contributed by atoms with Crippen molar-refractivity contribution in [2.75, 3.05) is 0 Å². The van der Waals surface area contributed by atoms with E-state index >= 15 is 0 Å². The van der Waals surface area contributed by atoms with Gasteiger partial charge in [0.15, 0.2) is 0 Å². The first-order chi connectivity index (χ1) is 7.31. The van der Waals surface area contributed by atoms with Crippen molar-refractivity contribution in [1.29, 1.82) is 5.41 Å². The maximum atomic E-state index is 7.78. The Bertz CT molecular complexity index is 527. The predicted molar refractivity (Wildman–Crippen MR) is 63.4 cm³/mol. The lowest BCUT2D eigenvalue weighted by Gasteiger charge is -2.00. The number of para-hydroxylation sites is 1. The van der Waals surface area contributed by atoms with Crippen LogP contribution in [0.2, 0.25) is 0 Å². The Hall–Kier alpha value is -1.96. The average Bonchev–Trinajstić information content (AvgIpc) is 2.29. The second kappa shape index (κ2) is 4.05. The quantitative estimate of drug-likeness (QED) is 0.736. The number of nitrogens with zero attached hydrogens (tertiary/aromatic N) is 1. The molecular weight excluding hydrogens is 184 g/mol. The van der Waals surface area contributed by atoms with Crippen LogP contribution in [0.3, 0.4) is 0 Å². The van der Waals surface area contributed by atoms with E-state index in [-0.39, 0.29) is 0 Å². The molecule has 1 N–H and O–H groups in total. The summed E-state index contributed by atoms with van der Waals surface area (Å²) in [5.41, 5.74) is 2.32. The Morgan fingerprint density at radius 2 is 2.13 bits per heavy atom. The van der Waals surface area contributed by atoms with Crippen LogP contribution in [0.15, 0.2) is 48.7 Å². The number of hydrogen-bond acceptors (Lipinski definition) is 2. The van der Waals surface area contributed by atoms with E-state index in [9.17, 15) is 0 Å². The third-order valence-corrected chi connectivity index (χ3v) is 2.23. The van der Waals surface area contributed by atoms with Crippen molar-refractivity contribution in [2.45, 2.75) is 6.92 Å². The number of rotatable bonds is 2. The first-order valence-electron chi connectivity index (χ1n) is 4.87. The maximum absolute atomic E-state index is 7.78. The molecule has 74 valence electrons. The molecule has 15 heavy (non-hydrogen) atoms. The molecule has 1 aromatic carbocycles. The number of fused-ring (bicyclic) bond motifs is 1. The van der Waals surface area contributed by atoms with Gasteiger partial charge in [0.2, 0.25) is 0 Å². The lowest BCUT2D eigenvalue weighted by Crippen LogP contribution is -1.95. The number of pyridine rings is 1. The molecule has 0 aliphatic rings. The third-order valence-electron chi connectivity index (χ3n) is 2.23. The molecule has 2 nitrogen and oxygen atoms in total. The minimum Gasteiger partial charge on any atom is -0.300 e. The van der Waals surface area contributed by atoms with Gasteiger partial charge >= 0.3 is 0 Å². The molecule has 1 heterocycles. The van der Waals surface area contributed by atoms with Gasteiger partial charge in [-0.25, -0.2) is 0 Å². The first-order valence-corrected chi connectivity index (χ1v) is 4.87. The molecule has 0 unspecified atom stereocenters. The highest BCUT2D eigenvalue weighted by Gasteiger charge is 1.99. The van der Waals surface area contributed by atoms with Gasteiger partial charge in [0.05, 0.1) is 11.2 Å². The van der Waals surface area contributed by atoms with Crippen LogP contribution in [-0.4, -0.2) is 10.7 Å². The second-order valence-corrected chi connectivity index (χ2v) is 3.33. The van der Waals surface area contributed by atoms with Crippen LogP contribution in [0.25, 0.3) is 10.9 Å². The molecule has 1 aromatic heterocycles. The van der Waals surface area contributed by atoms with Crippen molar-refractivity contribution in [1.82, 2.24) is 4.98 Å². The van der Waals surface area contributed by atoms with Gasteiger partial charge in [-0.05, 0) is 25.1 Å². The second-order valence-electron chi connectivity index (χ2n) is 3.33. The zero-order chi connectivity index (χ0) is 10.7. The minimum atomic E-state index is 0.496. The molecular formula is C13H12N2. The number of benzene rings is 1. The molecule has 0 radical (unpaired) electrons. The molecule has 2 aromatic rings. The largest absolute Gasteiger partial charge is 0.300 e. The van der Waals surface area contributed by atoms with E-state index in [0.717, 1.165) is 16.5 Å². The molecule has 0 bridgehead atoms. The van der Waals surface area contributed by atoms with Gasteiger partial charge in [-0.2, -0.15) is 0 Å². The van der Waals surface area contributed by atoms with E-state index in [1.54, 1.807) is 12.3 Å². The van der Waals surface area contributed by atoms with Crippen LogP contribution >= 0.6 is 0 Å². The van der Waals surface area contributed by atoms with Crippen molar-refractivity contribution in [3.05, 3.63) is 54.2 Å². The zero-order valence-electron chi connectivity index (χ0n) is 8.57. The number of allylic oxidation sites excluding steroid dienone is 2. The summed E-state index contributed by atoms with van der Waals surface area (Å²) in [5.74, 6) is 0. The first kappa shape index (κ1) is 9.59. The van der Waals surface area contributed by atoms with Crippen LogP contribution in [0.1, 0.15) is 12.5 Å². The summed E-state index contributed by atoms with van der Waals surface area (Å²) in [6, 6.07) is 9.91. The normalized spacial score (nSPS) is 11.0. The zero-order valence-corrected chi connectivity index (χ0v) is 8.57. The van der Waals surface area contributed by atoms with Crippen molar-refractivity contribution < 1.29 is 0 Å². The SMILES string of the molecule is C/C=C\C(=N)c1cnc2ccccc2c1. The van der Waals surface area contributed by atoms with Gasteiger partial charge < -0.3 is 5.41 Å². The topological polar surface area (TPSA) is 36.7 Å². The van der Waals surface area contributed by atoms with Crippen molar-refractivity contribution in [3.8, 4) is 0 Å². The Morgan fingerprint density at radius 3 is 2.93 bits per heavy atom. The maximum Gasteiger partial charge on any atom is 0.0702 e. The minimum absolute atomic E-state index is 0.496. The highest BCUT2D eigenvalue weighted by atomic mass is 14.7. The Morgan fingerprint density at radius 1 is 1.33 bits per heavy atom. The van der Waals surface area contributed by atoms with E-state index in [4.69, 9.17) is 5.41 Å². The monoisotopic (exact) mass is 196 g/mol. The van der Waals surface area contributed by atoms with Crippen LogP contribution in [0.5, 0.6) is 0 Å². The van der Waals surface area contributed by atoms with Gasteiger partial charge in [-0.1, -0.05) is 24.3 Å². The molecule has 0 fully saturated rings. The summed E-state index contributed by atoms with van der Waals surface area (Å²) < 4.78 is 0. The Balaban J connectivity index is 2.51. The predicted octanol–water partition coefficient (Wildman–Crippen LogP) is 3.18. The molecule has 2 heteroatoms. The molecule has 0 spiro atoms. The molecule has 0 saturated heterocycles. The van der Waals surface area contributed by atoms with Crippen LogP contribution in [0.4, 0.5) is 0 Å². The van der Waals surface area contributed by atoms with Crippen molar-refractivity contribution in [3.63, 3.8) is 0 Å². The van der Waals surface area contributed by atoms with Gasteiger partial charge in [-0.15, -0.1) is 0 Å². The molecule has 2 rings (SSSR count). The van der Waals surface area contributed by atoms with Gasteiger partial charge in [-0.3, -0.25) is 4.98 Å². The lowest BCUT2D eigenvalue weighted by molar-refractivity contribution is 1.38. The van der Waals surface area contributed by atoms with Crippen LogP contribution < -0.4 is 0 Å². The standard InChI is InChI=1S/C13H12N2/c1-2-5-12(14)11-8-10-6-3-4-7-13(10)15-9-11/h2-9,14H,1H3/b5-2-,14-12?. The Kier molecular flexibility index (Phi) is 2.59. The molecule has 0 aliphatic carbocycles. The van der Waals surface area contributed by atoms with E-state index in [1.807, 2.05) is 43.3 Å². The number of hydrogen-bond donors (Lipinski definition) is 1. The van der Waals surface area contributed by atoms with E-state index in [1.165, 1.54) is 0 Å². The van der Waals surface area contributed by atoms with Gasteiger partial charge in [0.25, 0.3) is 0 Å². The van der Waals surface area contributed by atoms with E-state index in [0.29, 0.717) is 5.71 Å². The smallest absolute Gasteiger partial charge is 0.0702 e. The summed E-state index contributed by atoms with van der Waals surface area (Å²) in [6.45, 7) is 1.91. The van der Waals surface area contributed by atoms with Gasteiger partial charge in [0, 0.05) is 17.1 Å². The molecule has 0 atom stereocenters. The van der Waals surface area contributed by atoms with Gasteiger partial charge in [0.1, 0.15) is 0 Å². The highest BCUT2D eigenvalue weighted by molar-refractivity contribution is 6.07. The van der Waals surface area contributed by atoms with Crippen molar-refractivity contribution >= 4 is 16.6 Å². The summed E-state index contributed by atoms with van der Waals surface area (Å²) in [7, 11) is 0. The summed E-state index contributed by atoms with van der Waals surface area (Å²) in [4.78, 5) is 4.31. The summed E-state index contributed by atoms with van der Waals surface area (Å²) >= 11 is 0. The fourth-order valence-electron chi connectivity index (χ4n) is 1.48. The van der Waals surface area contributed by atoms with Crippen LogP contribution in [-0.2, 0) is 0 Å². The average molecular weight is 196 g/mol. The molecule has 0 amide bonds. The van der Waals surface area contributed by atoms with E-state index in [2.05, 4.69) is 4.98 Å². The third kappa shape index (κ3) is 1.94.